The average Bonchev–Trinajstić information content (AvgIpc) is 3.01. The highest BCUT2D eigenvalue weighted by molar-refractivity contribution is 5.66. The minimum Gasteiger partial charge on any atom is -0.462 e. The first-order chi connectivity index (χ1) is 15.8. The number of ether oxygens (including phenoxy) is 1. The highest BCUT2D eigenvalue weighted by Crippen LogP contribution is 2.73. The van der Waals surface area contributed by atoms with Crippen molar-refractivity contribution < 1.29 is 9.53 Å². The first kappa shape index (κ1) is 26.0. The molecule has 4 aliphatic rings. The molecule has 3 saturated carbocycles. The van der Waals surface area contributed by atoms with E-state index in [1.165, 1.54) is 50.5 Å². The van der Waals surface area contributed by atoms with Crippen LogP contribution in [0.4, 0.5) is 0 Å². The summed E-state index contributed by atoms with van der Waals surface area (Å²) in [7, 11) is 0. The number of rotatable bonds is 5. The molecule has 34 heavy (non-hydrogen) atoms. The summed E-state index contributed by atoms with van der Waals surface area (Å²) >= 11 is 0. The van der Waals surface area contributed by atoms with Gasteiger partial charge in [0.15, 0.2) is 0 Å². The second kappa shape index (κ2) is 8.81. The zero-order valence-electron chi connectivity index (χ0n) is 23.7. The zero-order chi connectivity index (χ0) is 25.1. The van der Waals surface area contributed by atoms with Crippen LogP contribution in [0.15, 0.2) is 23.3 Å². The van der Waals surface area contributed by atoms with E-state index >= 15 is 0 Å². The Balaban J connectivity index is 1.61. The van der Waals surface area contributed by atoms with Crippen LogP contribution in [0.5, 0.6) is 0 Å². The van der Waals surface area contributed by atoms with Crippen molar-refractivity contribution in [3.05, 3.63) is 23.3 Å². The van der Waals surface area contributed by atoms with E-state index in [1.807, 2.05) is 5.57 Å². The molecule has 0 heterocycles. The van der Waals surface area contributed by atoms with E-state index in [0.717, 1.165) is 24.7 Å². The van der Waals surface area contributed by atoms with Gasteiger partial charge in [-0.05, 0) is 112 Å². The fourth-order valence-electron chi connectivity index (χ4n) is 9.89. The van der Waals surface area contributed by atoms with Gasteiger partial charge < -0.3 is 4.74 Å². The van der Waals surface area contributed by atoms with Gasteiger partial charge >= 0.3 is 5.97 Å². The molecule has 0 aromatic carbocycles. The van der Waals surface area contributed by atoms with Gasteiger partial charge in [0.25, 0.3) is 0 Å². The molecule has 2 nitrogen and oxygen atoms in total. The van der Waals surface area contributed by atoms with Crippen LogP contribution in [0.25, 0.3) is 0 Å². The third-order valence-corrected chi connectivity index (χ3v) is 12.0. The summed E-state index contributed by atoms with van der Waals surface area (Å²) in [6, 6.07) is 0. The summed E-state index contributed by atoms with van der Waals surface area (Å²) in [5.74, 6) is 2.79. The van der Waals surface area contributed by atoms with Gasteiger partial charge in [-0.2, -0.15) is 0 Å². The van der Waals surface area contributed by atoms with Crippen LogP contribution in [-0.4, -0.2) is 12.1 Å². The lowest BCUT2D eigenvalue weighted by atomic mass is 9.41. The van der Waals surface area contributed by atoms with Crippen LogP contribution in [0.1, 0.15) is 120 Å². The van der Waals surface area contributed by atoms with E-state index in [1.54, 1.807) is 6.92 Å². The molecule has 4 rings (SSSR count). The second-order valence-electron chi connectivity index (χ2n) is 14.2. The Morgan fingerprint density at radius 1 is 1.06 bits per heavy atom. The predicted octanol–water partition coefficient (Wildman–Crippen LogP) is 8.91. The zero-order valence-corrected chi connectivity index (χ0v) is 23.7. The molecule has 2 heteroatoms. The van der Waals surface area contributed by atoms with Crippen LogP contribution in [0.2, 0.25) is 0 Å². The lowest BCUT2D eigenvalue weighted by Gasteiger charge is -2.64. The maximum atomic E-state index is 11.8. The molecule has 0 amide bonds. The lowest BCUT2D eigenvalue weighted by Crippen LogP contribution is -2.58. The summed E-state index contributed by atoms with van der Waals surface area (Å²) in [6.45, 7) is 21.2. The monoisotopic (exact) mass is 468 g/mol. The van der Waals surface area contributed by atoms with Crippen molar-refractivity contribution in [2.75, 3.05) is 0 Å². The third-order valence-electron chi connectivity index (χ3n) is 12.0. The van der Waals surface area contributed by atoms with Crippen LogP contribution < -0.4 is 0 Å². The summed E-state index contributed by atoms with van der Waals surface area (Å²) in [6.07, 6.45) is 16.6. The molecule has 8 atom stereocenters. The summed E-state index contributed by atoms with van der Waals surface area (Å²) < 4.78 is 5.87. The standard InChI is InChI=1S/C32H52O2/c1-21(2)11-10-12-22(3)24-15-19-32(9)26-13-14-27-29(5,6)28(34-23(4)33)17-18-30(27,7)25(26)16-20-31(24,32)8/h11,13,22,24-25,27-28H,10,12,14-20H2,1-9H3/t22?,24-,25?,27-,28?,30?,31-,32+/m0/s1. The molecule has 4 aliphatic carbocycles. The SMILES string of the molecule is CC(=O)OC1CCC2(C)C3CC[C@@]4(C)[C@H](C(C)CCC=C(C)C)CC[C@]4(C)C3=CC[C@H]2C1(C)C. The van der Waals surface area contributed by atoms with Crippen LogP contribution >= 0.6 is 0 Å². The number of allylic oxidation sites excluding steroid dienone is 4. The van der Waals surface area contributed by atoms with Crippen molar-refractivity contribution in [2.24, 2.45) is 45.3 Å². The van der Waals surface area contributed by atoms with Crippen molar-refractivity contribution in [3.8, 4) is 0 Å². The maximum Gasteiger partial charge on any atom is 0.302 e. The normalized spacial score (nSPS) is 43.6. The van der Waals surface area contributed by atoms with E-state index in [4.69, 9.17) is 4.74 Å². The Labute approximate surface area is 210 Å². The van der Waals surface area contributed by atoms with Crippen LogP contribution in [-0.2, 0) is 9.53 Å². The Hall–Kier alpha value is -1.05. The molecule has 0 aliphatic heterocycles. The fourth-order valence-corrected chi connectivity index (χ4v) is 9.89. The number of fused-ring (bicyclic) bond motifs is 5. The second-order valence-corrected chi connectivity index (χ2v) is 14.2. The molecule has 192 valence electrons. The topological polar surface area (TPSA) is 26.3 Å². The highest BCUT2D eigenvalue weighted by Gasteiger charge is 2.65. The van der Waals surface area contributed by atoms with E-state index in [9.17, 15) is 4.79 Å². The van der Waals surface area contributed by atoms with E-state index in [0.29, 0.717) is 28.1 Å². The molecular weight excluding hydrogens is 416 g/mol. The third kappa shape index (κ3) is 3.85. The number of esters is 1. The fraction of sp³-hybridized carbons (Fsp3) is 0.844. The molecule has 0 radical (unpaired) electrons. The first-order valence-corrected chi connectivity index (χ1v) is 14.3. The Kier molecular flexibility index (Phi) is 6.74. The molecule has 0 aromatic rings. The number of hydrogen-bond donors (Lipinski definition) is 0. The first-order valence-electron chi connectivity index (χ1n) is 14.3. The van der Waals surface area contributed by atoms with E-state index < -0.39 is 0 Å². The van der Waals surface area contributed by atoms with Gasteiger partial charge in [0, 0.05) is 12.3 Å². The van der Waals surface area contributed by atoms with Crippen molar-refractivity contribution in [1.82, 2.24) is 0 Å². The molecule has 0 aromatic heterocycles. The maximum absolute atomic E-state index is 11.8. The van der Waals surface area contributed by atoms with Crippen molar-refractivity contribution in [3.63, 3.8) is 0 Å². The molecule has 0 bridgehead atoms. The molecule has 0 saturated heterocycles. The average molecular weight is 469 g/mol. The van der Waals surface area contributed by atoms with Gasteiger partial charge in [-0.3, -0.25) is 4.79 Å². The number of carbonyl (C=O) groups is 1. The van der Waals surface area contributed by atoms with Gasteiger partial charge in [-0.15, -0.1) is 0 Å². The van der Waals surface area contributed by atoms with E-state index in [2.05, 4.69) is 67.5 Å². The van der Waals surface area contributed by atoms with Gasteiger partial charge in [0.05, 0.1) is 0 Å². The quantitative estimate of drug-likeness (QED) is 0.297. The Morgan fingerprint density at radius 2 is 1.76 bits per heavy atom. The lowest BCUT2D eigenvalue weighted by molar-refractivity contribution is -0.174. The van der Waals surface area contributed by atoms with Crippen LogP contribution in [0, 0.1) is 45.3 Å². The minimum atomic E-state index is -0.120. The Bertz CT molecular complexity index is 860. The van der Waals surface area contributed by atoms with E-state index in [-0.39, 0.29) is 17.5 Å². The molecule has 0 N–H and O–H groups in total. The van der Waals surface area contributed by atoms with Crippen LogP contribution in [0.3, 0.4) is 0 Å². The van der Waals surface area contributed by atoms with Gasteiger partial charge in [0.2, 0.25) is 0 Å². The molecule has 0 spiro atoms. The largest absolute Gasteiger partial charge is 0.462 e. The molecule has 4 unspecified atom stereocenters. The predicted molar refractivity (Wildman–Crippen MR) is 142 cm³/mol. The number of hydrogen-bond acceptors (Lipinski definition) is 2. The van der Waals surface area contributed by atoms with Crippen molar-refractivity contribution in [1.29, 1.82) is 0 Å². The van der Waals surface area contributed by atoms with Gasteiger partial charge in [-0.1, -0.05) is 64.8 Å². The van der Waals surface area contributed by atoms with Gasteiger partial charge in [0.1, 0.15) is 6.10 Å². The van der Waals surface area contributed by atoms with Crippen molar-refractivity contribution in [2.45, 2.75) is 126 Å². The molecular formula is C32H52O2. The van der Waals surface area contributed by atoms with Crippen molar-refractivity contribution >= 4 is 5.97 Å². The molecule has 3 fully saturated rings. The number of carbonyl (C=O) groups excluding carboxylic acids is 1. The summed E-state index contributed by atoms with van der Waals surface area (Å²) in [5, 5.41) is 0. The summed E-state index contributed by atoms with van der Waals surface area (Å²) in [5.41, 5.74) is 4.39. The Morgan fingerprint density at radius 3 is 2.41 bits per heavy atom. The summed E-state index contributed by atoms with van der Waals surface area (Å²) in [4.78, 5) is 11.8. The smallest absolute Gasteiger partial charge is 0.302 e. The highest BCUT2D eigenvalue weighted by atomic mass is 16.5. The van der Waals surface area contributed by atoms with Gasteiger partial charge in [-0.25, -0.2) is 0 Å². The minimum absolute atomic E-state index is 0.0278.